The molecule has 6 rings (SSSR count). The van der Waals surface area contributed by atoms with Gasteiger partial charge in [-0.2, -0.15) is 0 Å². The zero-order valence-corrected chi connectivity index (χ0v) is 23.1. The molecule has 0 N–H and O–H groups in total. The molecular weight excluding hydrogens is 611 g/mol. The van der Waals surface area contributed by atoms with Gasteiger partial charge in [0, 0.05) is 10.8 Å². The van der Waals surface area contributed by atoms with Gasteiger partial charge >= 0.3 is 17.2 Å². The Bertz CT molecular complexity index is 1890. The minimum Gasteiger partial charge on any atom is -0.445 e. The van der Waals surface area contributed by atoms with Crippen LogP contribution in [0.4, 0.5) is 34.9 Å². The van der Waals surface area contributed by atoms with Gasteiger partial charge in [0.25, 0.3) is 0 Å². The first-order valence-corrected chi connectivity index (χ1v) is 14.4. The molecule has 0 saturated carbocycles. The number of rotatable bonds is 5. The first-order valence-electron chi connectivity index (χ1n) is 12.9. The quantitative estimate of drug-likeness (QED) is 0.0474. The van der Waals surface area contributed by atoms with Crippen molar-refractivity contribution in [2.75, 3.05) is 0 Å². The molecule has 0 spiro atoms. The minimum absolute atomic E-state index is 0.649. The van der Waals surface area contributed by atoms with Crippen molar-refractivity contribution in [2.24, 2.45) is 0 Å². The molecule has 0 atom stereocenters. The van der Waals surface area contributed by atoms with Crippen molar-refractivity contribution in [3.8, 4) is 5.75 Å². The van der Waals surface area contributed by atoms with E-state index in [2.05, 4.69) is 18.2 Å². The van der Waals surface area contributed by atoms with E-state index >= 15 is 0 Å². The fourth-order valence-electron chi connectivity index (χ4n) is 4.52. The topological polar surface area (TPSA) is 26.3 Å². The molecule has 12 heteroatoms. The Hall–Kier alpha value is -4.71. The molecule has 0 fully saturated rings. The molecule has 0 amide bonds. The maximum absolute atomic E-state index is 14.4. The summed E-state index contributed by atoms with van der Waals surface area (Å²) in [5.74, 6) is -12.9. The Kier molecular flexibility index (Phi) is 8.47. The number of benzene rings is 6. The van der Waals surface area contributed by atoms with E-state index in [0.717, 1.165) is 21.5 Å². The maximum atomic E-state index is 14.4. The Morgan fingerprint density at radius 3 is 1.27 bits per heavy atom. The van der Waals surface area contributed by atoms with E-state index in [4.69, 9.17) is 4.18 Å². The summed E-state index contributed by atoms with van der Waals surface area (Å²) in [6.45, 7) is -6.30. The molecule has 6 aromatic rings. The Labute approximate surface area is 247 Å². The number of halogens is 8. The fourth-order valence-corrected chi connectivity index (χ4v) is 6.43. The number of hydrogen-bond acceptors (Lipinski definition) is 2. The fraction of sp³-hybridized carbons (Fsp3) is 0. The molecule has 224 valence electrons. The highest BCUT2D eigenvalue weighted by molar-refractivity contribution is 7.99. The molecule has 6 aromatic carbocycles. The van der Waals surface area contributed by atoms with Crippen molar-refractivity contribution in [1.82, 2.24) is 0 Å². The second kappa shape index (κ2) is 12.1. The highest BCUT2D eigenvalue weighted by atomic mass is 32.3. The van der Waals surface area contributed by atoms with E-state index in [9.17, 15) is 39.1 Å². The summed E-state index contributed by atoms with van der Waals surface area (Å²) in [6.07, 6.45) is 0. The van der Waals surface area contributed by atoms with Gasteiger partial charge in [0.1, 0.15) is 11.6 Å². The maximum Gasteiger partial charge on any atom is 0.515 e. The summed E-state index contributed by atoms with van der Waals surface area (Å²) in [5.41, 5.74) is -2.73. The van der Waals surface area contributed by atoms with Gasteiger partial charge in [-0.25, -0.2) is 22.0 Å². The number of hydrogen-bond donors (Lipinski definition) is 0. The van der Waals surface area contributed by atoms with Crippen LogP contribution in [0.5, 0.6) is 5.75 Å². The molecule has 0 aromatic heterocycles. The van der Waals surface area contributed by atoms with Crippen molar-refractivity contribution in [3.63, 3.8) is 0 Å². The third-order valence-corrected chi connectivity index (χ3v) is 8.79. The summed E-state index contributed by atoms with van der Waals surface area (Å²) in [7, 11) is -2.98. The molecule has 0 unspecified atom stereocenters. The van der Waals surface area contributed by atoms with Crippen LogP contribution in [0.1, 0.15) is 0 Å². The zero-order chi connectivity index (χ0) is 31.6. The molecule has 0 bridgehead atoms. The van der Waals surface area contributed by atoms with Crippen LogP contribution in [-0.4, -0.2) is 6.98 Å². The van der Waals surface area contributed by atoms with E-state index in [0.29, 0.717) is 15.5 Å². The molecule has 0 aliphatic heterocycles. The van der Waals surface area contributed by atoms with Crippen LogP contribution in [0.3, 0.4) is 0 Å². The van der Waals surface area contributed by atoms with Crippen molar-refractivity contribution in [1.29, 1.82) is 0 Å². The Morgan fingerprint density at radius 1 is 0.500 bits per heavy atom. The van der Waals surface area contributed by atoms with Crippen molar-refractivity contribution in [2.45, 2.75) is 9.79 Å². The van der Waals surface area contributed by atoms with Crippen LogP contribution in [0.25, 0.3) is 21.5 Å². The van der Waals surface area contributed by atoms with Gasteiger partial charge in [-0.1, -0.05) is 84.9 Å². The summed E-state index contributed by atoms with van der Waals surface area (Å²) < 4.78 is 119. The lowest BCUT2D eigenvalue weighted by Gasteiger charge is -2.17. The van der Waals surface area contributed by atoms with Gasteiger partial charge in [-0.05, 0) is 50.8 Å². The van der Waals surface area contributed by atoms with Crippen LogP contribution in [-0.2, 0) is 14.4 Å². The molecular formula is C32H19BF8O2S. The van der Waals surface area contributed by atoms with E-state index < -0.39 is 51.7 Å². The second-order valence-corrected chi connectivity index (χ2v) is 11.5. The summed E-state index contributed by atoms with van der Waals surface area (Å²) in [4.78, 5) is 1.31. The van der Waals surface area contributed by atoms with Crippen molar-refractivity contribution in [3.05, 3.63) is 144 Å². The van der Waals surface area contributed by atoms with Gasteiger partial charge < -0.3 is 12.9 Å². The normalized spacial score (nSPS) is 11.7. The third-order valence-electron chi connectivity index (χ3n) is 6.60. The lowest BCUT2D eigenvalue weighted by Crippen LogP contribution is -2.41. The smallest absolute Gasteiger partial charge is 0.445 e. The average Bonchev–Trinajstić information content (AvgIpc) is 3.03. The van der Waals surface area contributed by atoms with Crippen LogP contribution in [0.15, 0.2) is 125 Å². The summed E-state index contributed by atoms with van der Waals surface area (Å²) >= 11 is 0. The predicted molar refractivity (Wildman–Crippen MR) is 154 cm³/mol. The first-order chi connectivity index (χ1) is 20.9. The Morgan fingerprint density at radius 2 is 0.864 bits per heavy atom. The largest absolute Gasteiger partial charge is 0.515 e. The van der Waals surface area contributed by atoms with Gasteiger partial charge in [0.15, 0.2) is 17.5 Å². The van der Waals surface area contributed by atoms with E-state index in [1.807, 2.05) is 97.1 Å². The monoisotopic (exact) mass is 630 g/mol. The average molecular weight is 630 g/mol. The molecule has 0 aliphatic rings. The summed E-state index contributed by atoms with van der Waals surface area (Å²) in [6, 6.07) is 37.1. The minimum atomic E-state index is -6.30. The molecule has 0 heterocycles. The Balaban J connectivity index is 0.000000217. The molecule has 0 aliphatic carbocycles. The first kappa shape index (κ1) is 30.7. The lowest BCUT2D eigenvalue weighted by molar-refractivity contribution is 0.377. The molecule has 2 nitrogen and oxygen atoms in total. The van der Waals surface area contributed by atoms with Crippen LogP contribution in [0.2, 0.25) is 0 Å². The number of fused-ring (bicyclic) bond motifs is 2. The second-order valence-electron chi connectivity index (χ2n) is 9.42. The van der Waals surface area contributed by atoms with Gasteiger partial charge in [-0.15, -0.1) is 0 Å². The predicted octanol–water partition coefficient (Wildman–Crippen LogP) is 9.34. The molecule has 44 heavy (non-hydrogen) atoms. The van der Waals surface area contributed by atoms with E-state index in [1.165, 1.54) is 0 Å². The van der Waals surface area contributed by atoms with Gasteiger partial charge in [-0.3, -0.25) is 4.18 Å². The van der Waals surface area contributed by atoms with E-state index in [-0.39, 0.29) is 0 Å². The van der Waals surface area contributed by atoms with Crippen LogP contribution >= 0.6 is 0 Å². The standard InChI is InChI=1S/C26H19O2S.C6BF8/c27-29(22-13-3-1-4-14-22,23-15-5-2-6-16-23)28-26-24-17-9-7-11-20(24)19-21-12-8-10-18-25(21)26;8-2-1(7(13,14)15)3(9)5(11)6(12)4(2)10/h1-19H;/q+1;-1. The van der Waals surface area contributed by atoms with Crippen LogP contribution < -0.4 is 9.65 Å². The van der Waals surface area contributed by atoms with E-state index in [1.54, 1.807) is 0 Å². The highest BCUT2D eigenvalue weighted by Gasteiger charge is 2.40. The van der Waals surface area contributed by atoms with Crippen molar-refractivity contribution < 1.29 is 43.3 Å². The molecule has 0 saturated heterocycles. The van der Waals surface area contributed by atoms with Gasteiger partial charge in [0.05, 0.1) is 0 Å². The lowest BCUT2D eigenvalue weighted by atomic mass is 9.79. The van der Waals surface area contributed by atoms with Crippen molar-refractivity contribution >= 4 is 44.2 Å². The third kappa shape index (κ3) is 5.77. The zero-order valence-electron chi connectivity index (χ0n) is 22.3. The molecule has 0 radical (unpaired) electrons. The van der Waals surface area contributed by atoms with Gasteiger partial charge in [0.2, 0.25) is 15.5 Å². The highest BCUT2D eigenvalue weighted by Crippen LogP contribution is 2.40. The summed E-state index contributed by atoms with van der Waals surface area (Å²) in [5, 5.41) is 4.02. The SMILES string of the molecule is Fc1c(F)c(F)c([B-](F)(F)F)c(F)c1F.O=[S+](Oc1c2ccccc2cc2ccccc12)(c1ccccc1)c1ccccc1. The van der Waals surface area contributed by atoms with Crippen LogP contribution in [0, 0.1) is 29.1 Å².